The van der Waals surface area contributed by atoms with Crippen LogP contribution in [0, 0.1) is 0 Å². The number of rotatable bonds is 7. The molecule has 6 N–H and O–H groups in total. The Bertz CT molecular complexity index is 1470. The summed E-state index contributed by atoms with van der Waals surface area (Å²) in [5.41, 5.74) is 1.12. The van der Waals surface area contributed by atoms with E-state index in [9.17, 15) is 40.2 Å². The summed E-state index contributed by atoms with van der Waals surface area (Å²) >= 11 is 0. The molecule has 1 saturated heterocycles. The van der Waals surface area contributed by atoms with Gasteiger partial charge in [-0.1, -0.05) is 24.3 Å². The zero-order valence-electron chi connectivity index (χ0n) is 21.9. The van der Waals surface area contributed by atoms with E-state index in [0.29, 0.717) is 11.1 Å². The lowest BCUT2D eigenvalue weighted by molar-refractivity contribution is -0.281. The van der Waals surface area contributed by atoms with Gasteiger partial charge in [-0.2, -0.15) is 0 Å². The summed E-state index contributed by atoms with van der Waals surface area (Å²) in [5.74, 6) is -1.75. The molecule has 2 heterocycles. The van der Waals surface area contributed by atoms with E-state index >= 15 is 0 Å². The molecule has 0 spiro atoms. The predicted molar refractivity (Wildman–Crippen MR) is 144 cm³/mol. The molecule has 0 bridgehead atoms. The van der Waals surface area contributed by atoms with Crippen LogP contribution >= 0.6 is 0 Å². The van der Waals surface area contributed by atoms with E-state index in [4.69, 9.17) is 18.9 Å². The number of carbonyl (C=O) groups is 2. The van der Waals surface area contributed by atoms with Crippen molar-refractivity contribution in [2.45, 2.75) is 43.2 Å². The van der Waals surface area contributed by atoms with Crippen molar-refractivity contribution in [3.63, 3.8) is 0 Å². The highest BCUT2D eigenvalue weighted by Crippen LogP contribution is 2.42. The number of Topliss-reactive ketones (excluding diaryl/α,β-unsaturated/α-hetero) is 1. The summed E-state index contributed by atoms with van der Waals surface area (Å²) in [7, 11) is 0. The fraction of sp³-hybridized carbons (Fsp3) is 0.267. The summed E-state index contributed by atoms with van der Waals surface area (Å²) in [6.07, 6.45) is -6.09. The molecule has 3 aromatic carbocycles. The summed E-state index contributed by atoms with van der Waals surface area (Å²) < 4.78 is 22.7. The van der Waals surface area contributed by atoms with E-state index in [-0.39, 0.29) is 35.0 Å². The van der Waals surface area contributed by atoms with Gasteiger partial charge in [-0.05, 0) is 41.5 Å². The molecular weight excluding hydrogens is 552 g/mol. The van der Waals surface area contributed by atoms with Crippen LogP contribution in [0.25, 0.3) is 6.08 Å². The van der Waals surface area contributed by atoms with Gasteiger partial charge in [0.15, 0.2) is 11.9 Å². The Balaban J connectivity index is 1.38. The maximum Gasteiger partial charge on any atom is 0.331 e. The van der Waals surface area contributed by atoms with Crippen LogP contribution in [0.2, 0.25) is 0 Å². The number of benzene rings is 3. The number of fused-ring (bicyclic) bond motifs is 1. The molecule has 2 aliphatic rings. The predicted octanol–water partition coefficient (Wildman–Crippen LogP) is 1.95. The molecular formula is C30H28O12. The first-order chi connectivity index (χ1) is 20.1. The summed E-state index contributed by atoms with van der Waals surface area (Å²) in [6.45, 7) is -0.694. The molecule has 5 rings (SSSR count). The Labute approximate surface area is 239 Å². The van der Waals surface area contributed by atoms with Crippen molar-refractivity contribution in [2.75, 3.05) is 6.61 Å². The monoisotopic (exact) mass is 580 g/mol. The van der Waals surface area contributed by atoms with E-state index < -0.39 is 60.9 Å². The molecule has 0 saturated carbocycles. The van der Waals surface area contributed by atoms with E-state index in [1.165, 1.54) is 36.4 Å². The Morgan fingerprint density at radius 2 is 1.62 bits per heavy atom. The average molecular weight is 581 g/mol. The number of ketones is 1. The molecule has 0 radical (unpaired) electrons. The van der Waals surface area contributed by atoms with Crippen molar-refractivity contribution < 1.29 is 59.2 Å². The van der Waals surface area contributed by atoms with E-state index in [0.717, 1.165) is 12.1 Å². The van der Waals surface area contributed by atoms with Crippen LogP contribution in [0.15, 0.2) is 66.7 Å². The van der Waals surface area contributed by atoms with Crippen LogP contribution in [0.1, 0.15) is 34.0 Å². The van der Waals surface area contributed by atoms with Gasteiger partial charge < -0.3 is 49.6 Å². The number of hydrogen-bond acceptors (Lipinski definition) is 12. The van der Waals surface area contributed by atoms with Crippen molar-refractivity contribution in [1.29, 1.82) is 0 Å². The Morgan fingerprint density at radius 1 is 0.952 bits per heavy atom. The molecule has 6 atom stereocenters. The fourth-order valence-corrected chi connectivity index (χ4v) is 4.69. The van der Waals surface area contributed by atoms with Crippen LogP contribution in [-0.4, -0.2) is 79.7 Å². The summed E-state index contributed by atoms with van der Waals surface area (Å²) in [4.78, 5) is 25.5. The van der Waals surface area contributed by atoms with Crippen molar-refractivity contribution in [3.05, 3.63) is 83.4 Å². The molecule has 12 nitrogen and oxygen atoms in total. The Morgan fingerprint density at radius 3 is 2.29 bits per heavy atom. The lowest BCUT2D eigenvalue weighted by Gasteiger charge is -2.41. The van der Waals surface area contributed by atoms with E-state index in [1.54, 1.807) is 24.3 Å². The molecule has 42 heavy (non-hydrogen) atoms. The standard InChI is InChI=1S/C30H28O12/c31-14-24-27(37)28(38)29(42-25(36)10-3-15-1-6-17(32)7-2-15)30(41-24)39-19-11-20(34)26-21(35)13-22(40-23(26)12-19)16-4-8-18(33)9-5-16/h1-12,22,24,27-34,37-38H,13-14H2/b10-3+/t22-,24+,27+,28-,29+,30+/m0/s1. The van der Waals surface area contributed by atoms with Gasteiger partial charge in [0.05, 0.1) is 13.0 Å². The zero-order valence-corrected chi connectivity index (χ0v) is 21.9. The highest BCUT2D eigenvalue weighted by molar-refractivity contribution is 6.02. The third kappa shape index (κ3) is 6.16. The number of aromatic hydroxyl groups is 3. The summed E-state index contributed by atoms with van der Waals surface area (Å²) in [5, 5.41) is 60.4. The zero-order chi connectivity index (χ0) is 30.0. The SMILES string of the molecule is O=C(/C=C/c1ccc(O)cc1)O[C@H]1[C@H](Oc2cc(O)c3c(c2)O[C@H](c2ccc(O)cc2)CC3=O)O[C@H](CO)[C@@H](O)[C@@H]1O. The number of aliphatic hydroxyl groups excluding tert-OH is 3. The number of phenolic OH excluding ortho intramolecular Hbond substituents is 3. The van der Waals surface area contributed by atoms with Crippen LogP contribution in [-0.2, 0) is 14.3 Å². The maximum atomic E-state index is 12.9. The number of aliphatic hydroxyl groups is 3. The fourth-order valence-electron chi connectivity index (χ4n) is 4.69. The van der Waals surface area contributed by atoms with Crippen LogP contribution in [0.5, 0.6) is 28.7 Å². The third-order valence-corrected chi connectivity index (χ3v) is 6.87. The molecule has 12 heteroatoms. The Hall–Kier alpha value is -4.62. The molecule has 3 aromatic rings. The molecule has 0 amide bonds. The van der Waals surface area contributed by atoms with Gasteiger partial charge in [-0.25, -0.2) is 4.79 Å². The lowest BCUT2D eigenvalue weighted by atomic mass is 9.95. The number of phenols is 3. The molecule has 1 fully saturated rings. The van der Waals surface area contributed by atoms with Crippen LogP contribution < -0.4 is 9.47 Å². The highest BCUT2D eigenvalue weighted by Gasteiger charge is 2.48. The first-order valence-corrected chi connectivity index (χ1v) is 13.0. The minimum atomic E-state index is -1.73. The minimum absolute atomic E-state index is 0.000184. The molecule has 0 unspecified atom stereocenters. The lowest BCUT2D eigenvalue weighted by Crippen LogP contribution is -2.61. The van der Waals surface area contributed by atoms with Crippen molar-refractivity contribution in [1.82, 2.24) is 0 Å². The number of ether oxygens (including phenoxy) is 4. The summed E-state index contributed by atoms with van der Waals surface area (Å²) in [6, 6.07) is 14.5. The number of hydrogen-bond donors (Lipinski definition) is 6. The van der Waals surface area contributed by atoms with Gasteiger partial charge in [-0.15, -0.1) is 0 Å². The number of esters is 1. The van der Waals surface area contributed by atoms with Gasteiger partial charge in [0, 0.05) is 18.2 Å². The molecule has 0 aliphatic carbocycles. The topological polar surface area (TPSA) is 192 Å². The van der Waals surface area contributed by atoms with Gasteiger partial charge in [0.1, 0.15) is 58.7 Å². The van der Waals surface area contributed by atoms with Gasteiger partial charge in [0.25, 0.3) is 0 Å². The minimum Gasteiger partial charge on any atom is -0.508 e. The maximum absolute atomic E-state index is 12.9. The van der Waals surface area contributed by atoms with E-state index in [1.807, 2.05) is 0 Å². The molecule has 2 aliphatic heterocycles. The smallest absolute Gasteiger partial charge is 0.331 e. The second-order valence-electron chi connectivity index (χ2n) is 9.79. The van der Waals surface area contributed by atoms with Crippen molar-refractivity contribution in [3.8, 4) is 28.7 Å². The van der Waals surface area contributed by atoms with Gasteiger partial charge in [0.2, 0.25) is 6.29 Å². The molecule has 220 valence electrons. The average Bonchev–Trinajstić information content (AvgIpc) is 2.96. The van der Waals surface area contributed by atoms with E-state index in [2.05, 4.69) is 0 Å². The second-order valence-corrected chi connectivity index (χ2v) is 9.79. The van der Waals surface area contributed by atoms with Gasteiger partial charge >= 0.3 is 5.97 Å². The van der Waals surface area contributed by atoms with Gasteiger partial charge in [-0.3, -0.25) is 4.79 Å². The molecule has 0 aromatic heterocycles. The van der Waals surface area contributed by atoms with Crippen LogP contribution in [0.4, 0.5) is 0 Å². The Kier molecular flexibility index (Phi) is 8.31. The largest absolute Gasteiger partial charge is 0.508 e. The highest BCUT2D eigenvalue weighted by atomic mass is 16.7. The van der Waals surface area contributed by atoms with Crippen molar-refractivity contribution in [2.24, 2.45) is 0 Å². The normalized spacial score (nSPS) is 25.5. The number of carbonyl (C=O) groups excluding carboxylic acids is 2. The third-order valence-electron chi connectivity index (χ3n) is 6.87. The van der Waals surface area contributed by atoms with Crippen LogP contribution in [0.3, 0.4) is 0 Å². The quantitative estimate of drug-likeness (QED) is 0.176. The first kappa shape index (κ1) is 28.9. The first-order valence-electron chi connectivity index (χ1n) is 13.0. The van der Waals surface area contributed by atoms with Crippen molar-refractivity contribution >= 4 is 17.8 Å². The second kappa shape index (κ2) is 12.1.